The van der Waals surface area contributed by atoms with Gasteiger partial charge in [0.25, 0.3) is 0 Å². The molecule has 1 aromatic carbocycles. The average Bonchev–Trinajstić information content (AvgIpc) is 2.49. The highest BCUT2D eigenvalue weighted by Gasteiger charge is 2.39. The Hall–Kier alpha value is -1.64. The van der Waals surface area contributed by atoms with E-state index in [1.165, 1.54) is 5.56 Å². The van der Waals surface area contributed by atoms with Gasteiger partial charge < -0.3 is 14.6 Å². The van der Waals surface area contributed by atoms with Crippen LogP contribution in [-0.2, 0) is 5.41 Å². The van der Waals surface area contributed by atoms with E-state index in [2.05, 4.69) is 26.0 Å². The summed E-state index contributed by atoms with van der Waals surface area (Å²) in [5, 5.41) is 9.83. The Morgan fingerprint density at radius 2 is 1.95 bits per heavy atom. The van der Waals surface area contributed by atoms with Gasteiger partial charge in [0.2, 0.25) is 0 Å². The van der Waals surface area contributed by atoms with Gasteiger partial charge in [0.1, 0.15) is 0 Å². The molecule has 3 heteroatoms. The summed E-state index contributed by atoms with van der Waals surface area (Å²) in [6, 6.07) is 6.22. The second kappa shape index (κ2) is 6.42. The molecular weight excluding hydrogens is 264 g/mol. The van der Waals surface area contributed by atoms with Crippen molar-refractivity contribution in [2.75, 3.05) is 14.2 Å². The third-order valence-electron chi connectivity index (χ3n) is 4.82. The second-order valence-electron chi connectivity index (χ2n) is 5.98. The minimum Gasteiger partial charge on any atom is -0.513 e. The summed E-state index contributed by atoms with van der Waals surface area (Å²) in [5.74, 6) is 2.46. The lowest BCUT2D eigenvalue weighted by atomic mass is 9.62. The van der Waals surface area contributed by atoms with Crippen LogP contribution in [0.1, 0.15) is 45.1 Å². The molecule has 1 aliphatic rings. The highest BCUT2D eigenvalue weighted by atomic mass is 16.5. The van der Waals surface area contributed by atoms with E-state index in [9.17, 15) is 5.11 Å². The van der Waals surface area contributed by atoms with Crippen molar-refractivity contribution in [2.45, 2.75) is 44.9 Å². The lowest BCUT2D eigenvalue weighted by molar-refractivity contribution is 0.210. The molecule has 0 spiro atoms. The SMILES string of the molecule is CCCC1(c2ccc(OC)c(OC)c2)CC=C(O)CC1C. The van der Waals surface area contributed by atoms with Crippen LogP contribution >= 0.6 is 0 Å². The highest BCUT2D eigenvalue weighted by molar-refractivity contribution is 5.46. The molecule has 0 aliphatic heterocycles. The third kappa shape index (κ3) is 2.87. The lowest BCUT2D eigenvalue weighted by Gasteiger charge is -2.42. The molecule has 1 aliphatic carbocycles. The van der Waals surface area contributed by atoms with Crippen LogP contribution in [0.3, 0.4) is 0 Å². The van der Waals surface area contributed by atoms with Gasteiger partial charge in [0.05, 0.1) is 20.0 Å². The fourth-order valence-corrected chi connectivity index (χ4v) is 3.58. The van der Waals surface area contributed by atoms with Crippen LogP contribution in [0.5, 0.6) is 11.5 Å². The maximum atomic E-state index is 9.83. The molecule has 21 heavy (non-hydrogen) atoms. The first-order valence-electron chi connectivity index (χ1n) is 7.68. The average molecular weight is 290 g/mol. The van der Waals surface area contributed by atoms with Crippen molar-refractivity contribution in [1.82, 2.24) is 0 Å². The molecule has 1 N–H and O–H groups in total. The Labute approximate surface area is 127 Å². The molecule has 0 fully saturated rings. The number of methoxy groups -OCH3 is 2. The molecule has 2 atom stereocenters. The normalized spacial score (nSPS) is 25.3. The standard InChI is InChI=1S/C18H26O3/c1-5-9-18(10-8-15(19)11-13(18)2)14-6-7-16(20-3)17(12-14)21-4/h6-8,12-13,19H,5,9-11H2,1-4H3. The Morgan fingerprint density at radius 1 is 1.24 bits per heavy atom. The fraction of sp³-hybridized carbons (Fsp3) is 0.556. The van der Waals surface area contributed by atoms with E-state index in [0.29, 0.717) is 11.7 Å². The van der Waals surface area contributed by atoms with Gasteiger partial charge in [0.15, 0.2) is 11.5 Å². The highest BCUT2D eigenvalue weighted by Crippen LogP contribution is 2.47. The summed E-state index contributed by atoms with van der Waals surface area (Å²) in [7, 11) is 3.33. The number of aliphatic hydroxyl groups excluding tert-OH is 1. The van der Waals surface area contributed by atoms with Gasteiger partial charge in [0, 0.05) is 11.8 Å². The predicted octanol–water partition coefficient (Wildman–Crippen LogP) is 4.61. The first-order valence-corrected chi connectivity index (χ1v) is 7.68. The number of ether oxygens (including phenoxy) is 2. The Bertz CT molecular complexity index is 521. The smallest absolute Gasteiger partial charge is 0.161 e. The molecular formula is C18H26O3. The summed E-state index contributed by atoms with van der Waals surface area (Å²) in [4.78, 5) is 0. The number of benzene rings is 1. The second-order valence-corrected chi connectivity index (χ2v) is 5.98. The zero-order chi connectivity index (χ0) is 15.5. The molecule has 0 heterocycles. The Balaban J connectivity index is 2.48. The van der Waals surface area contributed by atoms with E-state index in [1.807, 2.05) is 12.1 Å². The van der Waals surface area contributed by atoms with E-state index >= 15 is 0 Å². The maximum absolute atomic E-state index is 9.83. The first-order chi connectivity index (χ1) is 10.1. The molecule has 0 saturated carbocycles. The Kier molecular flexibility index (Phi) is 4.81. The summed E-state index contributed by atoms with van der Waals surface area (Å²) in [6.07, 6.45) is 5.82. The number of rotatable bonds is 5. The van der Waals surface area contributed by atoms with Gasteiger partial charge in [-0.3, -0.25) is 0 Å². The van der Waals surface area contributed by atoms with E-state index < -0.39 is 0 Å². The van der Waals surface area contributed by atoms with Crippen molar-refractivity contribution in [3.8, 4) is 11.5 Å². The Morgan fingerprint density at radius 3 is 2.52 bits per heavy atom. The van der Waals surface area contributed by atoms with Crippen molar-refractivity contribution < 1.29 is 14.6 Å². The molecule has 0 radical (unpaired) electrons. The fourth-order valence-electron chi connectivity index (χ4n) is 3.58. The number of aliphatic hydroxyl groups is 1. The van der Waals surface area contributed by atoms with Crippen LogP contribution in [0.15, 0.2) is 30.0 Å². The van der Waals surface area contributed by atoms with Gasteiger partial charge in [-0.05, 0) is 42.5 Å². The summed E-state index contributed by atoms with van der Waals surface area (Å²) in [5.41, 5.74) is 1.35. The largest absolute Gasteiger partial charge is 0.513 e. The van der Waals surface area contributed by atoms with E-state index in [4.69, 9.17) is 9.47 Å². The maximum Gasteiger partial charge on any atom is 0.161 e. The van der Waals surface area contributed by atoms with Crippen LogP contribution in [0.4, 0.5) is 0 Å². The molecule has 0 amide bonds. The van der Waals surface area contributed by atoms with Crippen molar-refractivity contribution in [3.05, 3.63) is 35.6 Å². The quantitative estimate of drug-likeness (QED) is 0.860. The molecule has 0 bridgehead atoms. The van der Waals surface area contributed by atoms with Crippen LogP contribution in [0.2, 0.25) is 0 Å². The first kappa shape index (κ1) is 15.7. The van der Waals surface area contributed by atoms with E-state index in [0.717, 1.165) is 37.2 Å². The zero-order valence-electron chi connectivity index (χ0n) is 13.5. The summed E-state index contributed by atoms with van der Waals surface area (Å²) >= 11 is 0. The van der Waals surface area contributed by atoms with Crippen LogP contribution in [0.25, 0.3) is 0 Å². The van der Waals surface area contributed by atoms with Gasteiger partial charge in [-0.1, -0.05) is 26.3 Å². The molecule has 0 saturated heterocycles. The molecule has 116 valence electrons. The monoisotopic (exact) mass is 290 g/mol. The van der Waals surface area contributed by atoms with Gasteiger partial charge in [-0.25, -0.2) is 0 Å². The van der Waals surface area contributed by atoms with Gasteiger partial charge in [-0.15, -0.1) is 0 Å². The summed E-state index contributed by atoms with van der Waals surface area (Å²) in [6.45, 7) is 4.45. The third-order valence-corrected chi connectivity index (χ3v) is 4.82. The number of allylic oxidation sites excluding steroid dienone is 2. The van der Waals surface area contributed by atoms with Crippen molar-refractivity contribution in [2.24, 2.45) is 5.92 Å². The molecule has 0 aromatic heterocycles. The molecule has 2 unspecified atom stereocenters. The molecule has 3 nitrogen and oxygen atoms in total. The van der Waals surface area contributed by atoms with Gasteiger partial charge in [-0.2, -0.15) is 0 Å². The number of hydrogen-bond acceptors (Lipinski definition) is 3. The minimum atomic E-state index is 0.0700. The van der Waals surface area contributed by atoms with E-state index in [1.54, 1.807) is 14.2 Å². The molecule has 2 rings (SSSR count). The topological polar surface area (TPSA) is 38.7 Å². The summed E-state index contributed by atoms with van der Waals surface area (Å²) < 4.78 is 10.8. The van der Waals surface area contributed by atoms with Crippen molar-refractivity contribution in [1.29, 1.82) is 0 Å². The van der Waals surface area contributed by atoms with Crippen LogP contribution < -0.4 is 9.47 Å². The van der Waals surface area contributed by atoms with Crippen molar-refractivity contribution in [3.63, 3.8) is 0 Å². The van der Waals surface area contributed by atoms with Gasteiger partial charge >= 0.3 is 0 Å². The zero-order valence-corrected chi connectivity index (χ0v) is 13.5. The molecule has 1 aromatic rings. The predicted molar refractivity (Wildman–Crippen MR) is 85.2 cm³/mol. The number of hydrogen-bond donors (Lipinski definition) is 1. The van der Waals surface area contributed by atoms with Crippen molar-refractivity contribution >= 4 is 0 Å². The van der Waals surface area contributed by atoms with Crippen LogP contribution in [0, 0.1) is 5.92 Å². The van der Waals surface area contributed by atoms with Crippen LogP contribution in [-0.4, -0.2) is 19.3 Å². The minimum absolute atomic E-state index is 0.0700. The lowest BCUT2D eigenvalue weighted by Crippen LogP contribution is -2.36. The van der Waals surface area contributed by atoms with E-state index in [-0.39, 0.29) is 5.41 Å².